The van der Waals surface area contributed by atoms with E-state index in [1.54, 1.807) is 0 Å². The fourth-order valence-corrected chi connectivity index (χ4v) is 3.06. The number of rotatable bonds is 5. The molecule has 1 aliphatic carbocycles. The lowest BCUT2D eigenvalue weighted by atomic mass is 9.89. The fraction of sp³-hybridized carbons (Fsp3) is 0.667. The molecule has 20 heavy (non-hydrogen) atoms. The lowest BCUT2D eigenvalue weighted by molar-refractivity contribution is 0.133. The van der Waals surface area contributed by atoms with Gasteiger partial charge in [0, 0.05) is 11.6 Å². The number of ether oxygens (including phenoxy) is 1. The van der Waals surface area contributed by atoms with Crippen LogP contribution in [0.5, 0.6) is 5.75 Å². The predicted molar refractivity (Wildman–Crippen MR) is 85.3 cm³/mol. The zero-order valence-electron chi connectivity index (χ0n) is 13.4. The van der Waals surface area contributed by atoms with Crippen LogP contribution in [0.25, 0.3) is 0 Å². The second kappa shape index (κ2) is 7.12. The first-order valence-electron chi connectivity index (χ1n) is 8.10. The number of aryl methyl sites for hydroxylation is 1. The lowest BCUT2D eigenvalue weighted by Gasteiger charge is -2.28. The molecule has 0 aliphatic heterocycles. The summed E-state index contributed by atoms with van der Waals surface area (Å²) in [5.41, 5.74) is 2.60. The van der Waals surface area contributed by atoms with E-state index in [1.807, 2.05) is 0 Å². The van der Waals surface area contributed by atoms with Gasteiger partial charge in [0.1, 0.15) is 5.75 Å². The van der Waals surface area contributed by atoms with Gasteiger partial charge < -0.3 is 10.1 Å². The van der Waals surface area contributed by atoms with Gasteiger partial charge >= 0.3 is 0 Å². The Labute approximate surface area is 123 Å². The molecule has 1 aromatic carbocycles. The van der Waals surface area contributed by atoms with Gasteiger partial charge in [-0.2, -0.15) is 0 Å². The molecule has 1 aromatic rings. The molecule has 0 aromatic heterocycles. The van der Waals surface area contributed by atoms with Gasteiger partial charge in [0.05, 0.1) is 6.10 Å². The molecule has 0 spiro atoms. The van der Waals surface area contributed by atoms with Crippen LogP contribution < -0.4 is 10.1 Å². The van der Waals surface area contributed by atoms with Crippen LogP contribution in [0.15, 0.2) is 18.2 Å². The van der Waals surface area contributed by atoms with E-state index in [1.165, 1.54) is 36.8 Å². The first-order valence-corrected chi connectivity index (χ1v) is 8.10. The van der Waals surface area contributed by atoms with Crippen LogP contribution >= 0.6 is 0 Å². The molecular weight excluding hydrogens is 246 g/mol. The summed E-state index contributed by atoms with van der Waals surface area (Å²) < 4.78 is 6.32. The van der Waals surface area contributed by atoms with Crippen molar-refractivity contribution >= 4 is 0 Å². The highest BCUT2D eigenvalue weighted by molar-refractivity contribution is 5.39. The van der Waals surface area contributed by atoms with Crippen molar-refractivity contribution in [1.29, 1.82) is 0 Å². The Hall–Kier alpha value is -1.02. The molecule has 112 valence electrons. The molecule has 1 aliphatic rings. The normalized spacial score (nSPS) is 24.4. The van der Waals surface area contributed by atoms with E-state index in [2.05, 4.69) is 51.2 Å². The van der Waals surface area contributed by atoms with E-state index < -0.39 is 0 Å². The van der Waals surface area contributed by atoms with Gasteiger partial charge in [-0.3, -0.25) is 0 Å². The second-order valence-corrected chi connectivity index (χ2v) is 6.32. The summed E-state index contributed by atoms with van der Waals surface area (Å²) >= 11 is 0. The smallest absolute Gasteiger partial charge is 0.124 e. The van der Waals surface area contributed by atoms with Crippen molar-refractivity contribution in [2.24, 2.45) is 5.92 Å². The Morgan fingerprint density at radius 1 is 1.25 bits per heavy atom. The molecule has 1 unspecified atom stereocenters. The van der Waals surface area contributed by atoms with Gasteiger partial charge in [0.25, 0.3) is 0 Å². The summed E-state index contributed by atoms with van der Waals surface area (Å²) in [5.74, 6) is 1.94. The molecule has 2 rings (SSSR count). The molecule has 2 nitrogen and oxygen atoms in total. The van der Waals surface area contributed by atoms with Gasteiger partial charge in [-0.05, 0) is 58.1 Å². The van der Waals surface area contributed by atoms with E-state index in [-0.39, 0.29) is 0 Å². The van der Waals surface area contributed by atoms with Crippen LogP contribution in [-0.2, 0) is 0 Å². The number of hydrogen-bond donors (Lipinski definition) is 1. The highest BCUT2D eigenvalue weighted by atomic mass is 16.5. The Balaban J connectivity index is 2.10. The molecule has 0 radical (unpaired) electrons. The minimum Gasteiger partial charge on any atom is -0.490 e. The van der Waals surface area contributed by atoms with E-state index in [0.29, 0.717) is 12.1 Å². The lowest BCUT2D eigenvalue weighted by Crippen LogP contribution is -2.25. The van der Waals surface area contributed by atoms with Gasteiger partial charge in [-0.25, -0.2) is 0 Å². The van der Waals surface area contributed by atoms with Gasteiger partial charge in [-0.1, -0.05) is 31.5 Å². The molecule has 1 atom stereocenters. The molecule has 1 fully saturated rings. The first kappa shape index (κ1) is 15.4. The molecule has 0 saturated heterocycles. The number of hydrogen-bond acceptors (Lipinski definition) is 2. The second-order valence-electron chi connectivity index (χ2n) is 6.32. The molecule has 0 bridgehead atoms. The third-order valence-electron chi connectivity index (χ3n) is 4.40. The number of nitrogens with one attached hydrogen (secondary N) is 1. The van der Waals surface area contributed by atoms with E-state index in [0.717, 1.165) is 18.2 Å². The summed E-state index contributed by atoms with van der Waals surface area (Å²) in [6.45, 7) is 9.84. The van der Waals surface area contributed by atoms with Crippen molar-refractivity contribution in [3.63, 3.8) is 0 Å². The quantitative estimate of drug-likeness (QED) is 0.846. The van der Waals surface area contributed by atoms with Crippen LogP contribution in [0.1, 0.15) is 63.6 Å². The van der Waals surface area contributed by atoms with Crippen molar-refractivity contribution in [1.82, 2.24) is 5.32 Å². The maximum Gasteiger partial charge on any atom is 0.124 e. The van der Waals surface area contributed by atoms with E-state index in [4.69, 9.17) is 4.74 Å². The van der Waals surface area contributed by atoms with Gasteiger partial charge in [0.15, 0.2) is 0 Å². The van der Waals surface area contributed by atoms with E-state index in [9.17, 15) is 0 Å². The average Bonchev–Trinajstić information content (AvgIpc) is 2.43. The summed E-state index contributed by atoms with van der Waals surface area (Å²) in [6.07, 6.45) is 5.40. The Kier molecular flexibility index (Phi) is 5.47. The molecular formula is C18H29NO. The topological polar surface area (TPSA) is 21.3 Å². The van der Waals surface area contributed by atoms with Crippen LogP contribution in [0.2, 0.25) is 0 Å². The van der Waals surface area contributed by atoms with Crippen LogP contribution in [-0.4, -0.2) is 12.6 Å². The Morgan fingerprint density at radius 3 is 2.60 bits per heavy atom. The third kappa shape index (κ3) is 3.99. The molecule has 1 saturated carbocycles. The van der Waals surface area contributed by atoms with Crippen LogP contribution in [0.3, 0.4) is 0 Å². The Morgan fingerprint density at radius 2 is 1.95 bits per heavy atom. The third-order valence-corrected chi connectivity index (χ3v) is 4.40. The highest BCUT2D eigenvalue weighted by Gasteiger charge is 2.21. The summed E-state index contributed by atoms with van der Waals surface area (Å²) in [7, 11) is 0. The van der Waals surface area contributed by atoms with Crippen molar-refractivity contribution in [2.45, 2.75) is 65.5 Å². The van der Waals surface area contributed by atoms with Crippen molar-refractivity contribution in [2.75, 3.05) is 6.54 Å². The van der Waals surface area contributed by atoms with Crippen LogP contribution in [0, 0.1) is 12.8 Å². The average molecular weight is 275 g/mol. The molecule has 0 amide bonds. The monoisotopic (exact) mass is 275 g/mol. The van der Waals surface area contributed by atoms with Crippen molar-refractivity contribution in [3.8, 4) is 5.75 Å². The SMILES string of the molecule is CCNC(C)c1cc(C)ccc1OC1CCC(C)CC1. The minimum absolute atomic E-state index is 0.345. The standard InChI is InChI=1S/C18H29NO/c1-5-19-15(4)17-12-14(3)8-11-18(17)20-16-9-6-13(2)7-10-16/h8,11-13,15-16,19H,5-7,9-10H2,1-4H3. The van der Waals surface area contributed by atoms with Crippen molar-refractivity contribution in [3.05, 3.63) is 29.3 Å². The predicted octanol–water partition coefficient (Wildman–Crippen LogP) is 4.62. The van der Waals surface area contributed by atoms with Gasteiger partial charge in [-0.15, -0.1) is 0 Å². The highest BCUT2D eigenvalue weighted by Crippen LogP contribution is 2.31. The van der Waals surface area contributed by atoms with Crippen LogP contribution in [0.4, 0.5) is 0 Å². The largest absolute Gasteiger partial charge is 0.490 e. The summed E-state index contributed by atoms with van der Waals surface area (Å²) in [6, 6.07) is 6.91. The summed E-state index contributed by atoms with van der Waals surface area (Å²) in [4.78, 5) is 0. The zero-order valence-corrected chi connectivity index (χ0v) is 13.4. The maximum absolute atomic E-state index is 6.32. The fourth-order valence-electron chi connectivity index (χ4n) is 3.06. The van der Waals surface area contributed by atoms with Gasteiger partial charge in [0.2, 0.25) is 0 Å². The molecule has 2 heteroatoms. The Bertz CT molecular complexity index is 421. The molecule has 1 N–H and O–H groups in total. The molecule has 0 heterocycles. The van der Waals surface area contributed by atoms with Crippen molar-refractivity contribution < 1.29 is 4.74 Å². The number of benzene rings is 1. The van der Waals surface area contributed by atoms with E-state index >= 15 is 0 Å². The zero-order chi connectivity index (χ0) is 14.5. The minimum atomic E-state index is 0.345. The maximum atomic E-state index is 6.32. The first-order chi connectivity index (χ1) is 9.60. The summed E-state index contributed by atoms with van der Waals surface area (Å²) in [5, 5.41) is 3.49.